The van der Waals surface area contributed by atoms with Crippen LogP contribution in [0.4, 0.5) is 0 Å². The van der Waals surface area contributed by atoms with Gasteiger partial charge in [-0.05, 0) is 37.1 Å². The predicted octanol–water partition coefficient (Wildman–Crippen LogP) is 3.21. The van der Waals surface area contributed by atoms with Gasteiger partial charge in [-0.15, -0.1) is 0 Å². The molecule has 9 heteroatoms. The topological polar surface area (TPSA) is 89.2 Å². The van der Waals surface area contributed by atoms with Gasteiger partial charge in [0.05, 0.1) is 10.8 Å². The minimum atomic E-state index is -3.43. The average molecular weight is 403 g/mol. The third-order valence-electron chi connectivity index (χ3n) is 4.25. The van der Waals surface area contributed by atoms with Gasteiger partial charge in [-0.1, -0.05) is 35.1 Å². The van der Waals surface area contributed by atoms with E-state index in [4.69, 9.17) is 4.52 Å². The lowest BCUT2D eigenvalue weighted by Gasteiger charge is -2.15. The lowest BCUT2D eigenvalue weighted by molar-refractivity contribution is 0.425. The Hall–Kier alpha value is -2.23. The zero-order valence-corrected chi connectivity index (χ0v) is 16.1. The maximum Gasteiger partial charge on any atom is 0.257 e. The molecule has 4 rings (SSSR count). The highest BCUT2D eigenvalue weighted by atomic mass is 32.2. The van der Waals surface area contributed by atoms with Crippen molar-refractivity contribution >= 4 is 21.8 Å². The second kappa shape index (κ2) is 7.79. The molecule has 1 saturated heterocycles. The van der Waals surface area contributed by atoms with Crippen molar-refractivity contribution in [1.82, 2.24) is 19.4 Å². The van der Waals surface area contributed by atoms with Crippen LogP contribution in [-0.4, -0.2) is 40.9 Å². The Morgan fingerprint density at radius 2 is 1.85 bits per heavy atom. The molecule has 140 valence electrons. The van der Waals surface area contributed by atoms with Gasteiger partial charge in [0.25, 0.3) is 5.89 Å². The van der Waals surface area contributed by atoms with Gasteiger partial charge >= 0.3 is 0 Å². The van der Waals surface area contributed by atoms with Crippen LogP contribution in [0.5, 0.6) is 0 Å². The molecule has 0 spiro atoms. The van der Waals surface area contributed by atoms with Crippen molar-refractivity contribution in [2.45, 2.75) is 28.5 Å². The lowest BCUT2D eigenvalue weighted by Crippen LogP contribution is -2.27. The maximum atomic E-state index is 12.5. The Morgan fingerprint density at radius 3 is 2.56 bits per heavy atom. The summed E-state index contributed by atoms with van der Waals surface area (Å²) < 4.78 is 31.8. The number of aromatic nitrogens is 3. The van der Waals surface area contributed by atoms with Gasteiger partial charge in [0.15, 0.2) is 5.82 Å². The number of sulfonamides is 1. The Balaban J connectivity index is 1.40. The maximum absolute atomic E-state index is 12.5. The number of benzene rings is 1. The molecule has 1 aliphatic heterocycles. The van der Waals surface area contributed by atoms with Gasteiger partial charge in [0.1, 0.15) is 4.90 Å². The fourth-order valence-corrected chi connectivity index (χ4v) is 4.98. The van der Waals surface area contributed by atoms with Gasteiger partial charge in [-0.25, -0.2) is 13.4 Å². The van der Waals surface area contributed by atoms with Crippen molar-refractivity contribution in [3.8, 4) is 11.5 Å². The summed E-state index contributed by atoms with van der Waals surface area (Å²) in [5.41, 5.74) is 0.871. The summed E-state index contributed by atoms with van der Waals surface area (Å²) in [6, 6.07) is 12.9. The third kappa shape index (κ3) is 4.05. The van der Waals surface area contributed by atoms with Crippen LogP contribution in [0, 0.1) is 0 Å². The summed E-state index contributed by atoms with van der Waals surface area (Å²) in [5, 5.41) is 4.69. The summed E-state index contributed by atoms with van der Waals surface area (Å²) in [4.78, 5) is 8.88. The van der Waals surface area contributed by atoms with E-state index >= 15 is 0 Å². The summed E-state index contributed by atoms with van der Waals surface area (Å²) in [5.74, 6) is 1.53. The van der Waals surface area contributed by atoms with E-state index in [1.54, 1.807) is 12.1 Å². The first-order chi connectivity index (χ1) is 13.1. The number of pyridine rings is 1. The van der Waals surface area contributed by atoms with Crippen LogP contribution in [-0.2, 0) is 15.8 Å². The van der Waals surface area contributed by atoms with Gasteiger partial charge in [0.2, 0.25) is 10.0 Å². The predicted molar refractivity (Wildman–Crippen MR) is 102 cm³/mol. The van der Waals surface area contributed by atoms with Crippen LogP contribution in [0.15, 0.2) is 63.1 Å². The summed E-state index contributed by atoms with van der Waals surface area (Å²) in [6.07, 6.45) is 3.24. The van der Waals surface area contributed by atoms with Gasteiger partial charge < -0.3 is 4.52 Å². The van der Waals surface area contributed by atoms with E-state index in [0.717, 1.165) is 18.4 Å². The largest absolute Gasteiger partial charge is 0.334 e. The molecule has 7 nitrogen and oxygen atoms in total. The summed E-state index contributed by atoms with van der Waals surface area (Å²) in [7, 11) is -3.43. The molecule has 3 heterocycles. The van der Waals surface area contributed by atoms with Crippen LogP contribution >= 0.6 is 11.8 Å². The number of rotatable bonds is 6. The monoisotopic (exact) mass is 402 g/mol. The van der Waals surface area contributed by atoms with E-state index in [-0.39, 0.29) is 4.90 Å². The van der Waals surface area contributed by atoms with Crippen molar-refractivity contribution < 1.29 is 12.9 Å². The highest BCUT2D eigenvalue weighted by Crippen LogP contribution is 2.25. The molecule has 0 amide bonds. The lowest BCUT2D eigenvalue weighted by atomic mass is 10.2. The van der Waals surface area contributed by atoms with E-state index in [9.17, 15) is 8.42 Å². The molecule has 1 aliphatic rings. The summed E-state index contributed by atoms with van der Waals surface area (Å²) in [6.45, 7) is 1.17. The Bertz CT molecular complexity index is 999. The van der Waals surface area contributed by atoms with Crippen LogP contribution < -0.4 is 0 Å². The standard InChI is InChI=1S/C18H18N4O3S2/c23-27(24,22-10-4-5-11-22)15-8-9-17(19-12-15)26-13-16-20-18(25-21-16)14-6-2-1-3-7-14/h1-3,6-9,12H,4-5,10-11,13H2. The Kier molecular flexibility index (Phi) is 5.24. The molecule has 1 fully saturated rings. The highest BCUT2D eigenvalue weighted by Gasteiger charge is 2.27. The average Bonchev–Trinajstić information content (AvgIpc) is 3.40. The second-order valence-electron chi connectivity index (χ2n) is 6.11. The van der Waals surface area contributed by atoms with Crippen molar-refractivity contribution in [2.24, 2.45) is 0 Å². The SMILES string of the molecule is O=S(=O)(c1ccc(SCc2noc(-c3ccccc3)n2)nc1)N1CCCC1. The highest BCUT2D eigenvalue weighted by molar-refractivity contribution is 7.98. The first-order valence-corrected chi connectivity index (χ1v) is 11.0. The normalized spacial score (nSPS) is 15.3. The molecule has 0 bridgehead atoms. The quantitative estimate of drug-likeness (QED) is 0.585. The Morgan fingerprint density at radius 1 is 1.07 bits per heavy atom. The summed E-state index contributed by atoms with van der Waals surface area (Å²) >= 11 is 1.43. The zero-order valence-electron chi connectivity index (χ0n) is 14.5. The van der Waals surface area contributed by atoms with E-state index in [0.29, 0.717) is 35.6 Å². The van der Waals surface area contributed by atoms with Gasteiger partial charge in [-0.2, -0.15) is 9.29 Å². The number of nitrogens with zero attached hydrogens (tertiary/aromatic N) is 4. The van der Waals surface area contributed by atoms with E-state index in [1.165, 1.54) is 22.3 Å². The molecule has 1 aromatic carbocycles. The first-order valence-electron chi connectivity index (χ1n) is 8.60. The van der Waals surface area contributed by atoms with E-state index in [2.05, 4.69) is 15.1 Å². The zero-order chi connectivity index (χ0) is 18.7. The second-order valence-corrected chi connectivity index (χ2v) is 9.05. The molecule has 3 aromatic rings. The first kappa shape index (κ1) is 18.1. The molecular formula is C18H18N4O3S2. The molecule has 0 unspecified atom stereocenters. The third-order valence-corrected chi connectivity index (χ3v) is 7.07. The van der Waals surface area contributed by atoms with Crippen molar-refractivity contribution in [1.29, 1.82) is 0 Å². The molecule has 0 atom stereocenters. The molecule has 0 N–H and O–H groups in total. The minimum absolute atomic E-state index is 0.236. The van der Waals surface area contributed by atoms with Crippen LogP contribution in [0.25, 0.3) is 11.5 Å². The van der Waals surface area contributed by atoms with E-state index < -0.39 is 10.0 Å². The van der Waals surface area contributed by atoms with Crippen LogP contribution in [0.2, 0.25) is 0 Å². The molecular weight excluding hydrogens is 384 g/mol. The molecule has 27 heavy (non-hydrogen) atoms. The fraction of sp³-hybridized carbons (Fsp3) is 0.278. The fourth-order valence-electron chi connectivity index (χ4n) is 2.83. The molecule has 2 aromatic heterocycles. The minimum Gasteiger partial charge on any atom is -0.334 e. The van der Waals surface area contributed by atoms with Crippen molar-refractivity contribution in [2.75, 3.05) is 13.1 Å². The number of hydrogen-bond donors (Lipinski definition) is 0. The molecule has 0 radical (unpaired) electrons. The van der Waals surface area contributed by atoms with Crippen molar-refractivity contribution in [3.05, 3.63) is 54.5 Å². The Labute approximate surface area is 161 Å². The molecule has 0 aliphatic carbocycles. The number of thioether (sulfide) groups is 1. The van der Waals surface area contributed by atoms with Crippen LogP contribution in [0.3, 0.4) is 0 Å². The van der Waals surface area contributed by atoms with Gasteiger partial charge in [-0.3, -0.25) is 0 Å². The smallest absolute Gasteiger partial charge is 0.257 e. The van der Waals surface area contributed by atoms with E-state index in [1.807, 2.05) is 30.3 Å². The van der Waals surface area contributed by atoms with Gasteiger partial charge in [0, 0.05) is 24.8 Å². The molecule has 0 saturated carbocycles. The van der Waals surface area contributed by atoms with Crippen LogP contribution in [0.1, 0.15) is 18.7 Å². The number of hydrogen-bond acceptors (Lipinski definition) is 7. The van der Waals surface area contributed by atoms with Crippen molar-refractivity contribution in [3.63, 3.8) is 0 Å².